The van der Waals surface area contributed by atoms with Gasteiger partial charge in [-0.25, -0.2) is 0 Å². The highest BCUT2D eigenvalue weighted by Crippen LogP contribution is 2.28. The number of methoxy groups -OCH3 is 1. The first-order chi connectivity index (χ1) is 9.61. The fourth-order valence-corrected chi connectivity index (χ4v) is 2.12. The summed E-state index contributed by atoms with van der Waals surface area (Å²) in [5.74, 6) is 0.914. The number of rotatable bonds is 5. The van der Waals surface area contributed by atoms with Gasteiger partial charge in [-0.3, -0.25) is 4.79 Å². The van der Waals surface area contributed by atoms with E-state index in [9.17, 15) is 4.79 Å². The number of carbonyl (C=O) groups excluding carboxylic acids is 1. The number of hydrogen-bond acceptors (Lipinski definition) is 4. The van der Waals surface area contributed by atoms with E-state index in [1.54, 1.807) is 7.11 Å². The maximum atomic E-state index is 12.3. The van der Waals surface area contributed by atoms with Crippen molar-refractivity contribution in [2.45, 2.75) is 26.0 Å². The number of ether oxygens (including phenoxy) is 2. The predicted molar refractivity (Wildman–Crippen MR) is 78.0 cm³/mol. The van der Waals surface area contributed by atoms with Crippen LogP contribution in [0.4, 0.5) is 5.69 Å². The van der Waals surface area contributed by atoms with Crippen molar-refractivity contribution in [3.05, 3.63) is 24.3 Å². The Morgan fingerprint density at radius 2 is 2.25 bits per heavy atom. The first kappa shape index (κ1) is 14.7. The minimum Gasteiger partial charge on any atom is -0.477 e. The second-order valence-electron chi connectivity index (χ2n) is 5.30. The summed E-state index contributed by atoms with van der Waals surface area (Å²) < 4.78 is 10.9. The number of benzene rings is 1. The molecule has 0 spiro atoms. The molecule has 2 atom stereocenters. The zero-order valence-electron chi connectivity index (χ0n) is 12.2. The highest BCUT2D eigenvalue weighted by molar-refractivity contribution is 5.83. The summed E-state index contributed by atoms with van der Waals surface area (Å²) in [6.07, 6.45) is -0.511. The molecule has 0 aliphatic carbocycles. The number of anilines is 1. The molecule has 1 aliphatic rings. The second kappa shape index (κ2) is 6.61. The third-order valence-electron chi connectivity index (χ3n) is 3.41. The highest BCUT2D eigenvalue weighted by Gasteiger charge is 2.28. The fraction of sp³-hybridized carbons (Fsp3) is 0.533. The zero-order chi connectivity index (χ0) is 14.5. The molecule has 2 rings (SSSR count). The molecule has 1 aromatic rings. The second-order valence-corrected chi connectivity index (χ2v) is 5.30. The van der Waals surface area contributed by atoms with E-state index in [-0.39, 0.29) is 11.9 Å². The Balaban J connectivity index is 1.97. The number of hydrogen-bond donors (Lipinski definition) is 2. The summed E-state index contributed by atoms with van der Waals surface area (Å²) in [5.41, 5.74) is 0.925. The Bertz CT molecular complexity index is 462. The van der Waals surface area contributed by atoms with Gasteiger partial charge >= 0.3 is 0 Å². The van der Waals surface area contributed by atoms with E-state index in [0.717, 1.165) is 5.69 Å². The van der Waals surface area contributed by atoms with Gasteiger partial charge in [-0.05, 0) is 18.1 Å². The largest absolute Gasteiger partial charge is 0.477 e. The van der Waals surface area contributed by atoms with E-state index in [1.807, 2.05) is 24.3 Å². The number of amides is 1. The summed E-state index contributed by atoms with van der Waals surface area (Å²) in [4.78, 5) is 12.3. The van der Waals surface area contributed by atoms with Crippen LogP contribution in [0.15, 0.2) is 24.3 Å². The van der Waals surface area contributed by atoms with Gasteiger partial charge in [0.25, 0.3) is 5.91 Å². The van der Waals surface area contributed by atoms with Crippen molar-refractivity contribution in [1.29, 1.82) is 0 Å². The average molecular weight is 278 g/mol. The topological polar surface area (TPSA) is 59.6 Å². The van der Waals surface area contributed by atoms with Gasteiger partial charge < -0.3 is 20.1 Å². The van der Waals surface area contributed by atoms with Crippen molar-refractivity contribution in [1.82, 2.24) is 5.32 Å². The molecule has 0 bridgehead atoms. The zero-order valence-corrected chi connectivity index (χ0v) is 12.2. The van der Waals surface area contributed by atoms with Crippen LogP contribution in [0.3, 0.4) is 0 Å². The molecule has 1 aliphatic heterocycles. The maximum absolute atomic E-state index is 12.3. The SMILES string of the molecule is COCC(NC(=O)C1CNc2ccccc2O1)C(C)C. The van der Waals surface area contributed by atoms with E-state index >= 15 is 0 Å². The van der Waals surface area contributed by atoms with Crippen LogP contribution in [0.5, 0.6) is 5.75 Å². The monoisotopic (exact) mass is 278 g/mol. The van der Waals surface area contributed by atoms with Gasteiger partial charge in [0.15, 0.2) is 6.10 Å². The van der Waals surface area contributed by atoms with Gasteiger partial charge in [-0.2, -0.15) is 0 Å². The van der Waals surface area contributed by atoms with Crippen LogP contribution in [-0.2, 0) is 9.53 Å². The van der Waals surface area contributed by atoms with Crippen molar-refractivity contribution in [2.75, 3.05) is 25.6 Å². The molecule has 20 heavy (non-hydrogen) atoms. The van der Waals surface area contributed by atoms with E-state index in [2.05, 4.69) is 24.5 Å². The van der Waals surface area contributed by atoms with Gasteiger partial charge in [0.05, 0.1) is 24.9 Å². The van der Waals surface area contributed by atoms with Crippen LogP contribution in [-0.4, -0.2) is 38.3 Å². The molecular formula is C15H22N2O3. The molecule has 1 heterocycles. The molecule has 110 valence electrons. The molecule has 5 nitrogen and oxygen atoms in total. The molecular weight excluding hydrogens is 256 g/mol. The maximum Gasteiger partial charge on any atom is 0.263 e. The van der Waals surface area contributed by atoms with E-state index in [1.165, 1.54) is 0 Å². The first-order valence-electron chi connectivity index (χ1n) is 6.90. The van der Waals surface area contributed by atoms with Crippen LogP contribution in [0, 0.1) is 5.92 Å². The van der Waals surface area contributed by atoms with E-state index in [0.29, 0.717) is 24.8 Å². The molecule has 1 aromatic carbocycles. The average Bonchev–Trinajstić information content (AvgIpc) is 2.46. The Hall–Kier alpha value is -1.75. The smallest absolute Gasteiger partial charge is 0.263 e. The number of fused-ring (bicyclic) bond motifs is 1. The minimum absolute atomic E-state index is 0.00623. The van der Waals surface area contributed by atoms with Gasteiger partial charge in [-0.1, -0.05) is 26.0 Å². The van der Waals surface area contributed by atoms with Crippen molar-refractivity contribution in [3.8, 4) is 5.75 Å². The van der Waals surface area contributed by atoms with Gasteiger partial charge in [0.1, 0.15) is 5.75 Å². The summed E-state index contributed by atoms with van der Waals surface area (Å²) in [6.45, 7) is 5.08. The van der Waals surface area contributed by atoms with Crippen LogP contribution in [0.25, 0.3) is 0 Å². The third kappa shape index (κ3) is 3.42. The van der Waals surface area contributed by atoms with Crippen LogP contribution < -0.4 is 15.4 Å². The summed E-state index contributed by atoms with van der Waals surface area (Å²) in [6, 6.07) is 7.61. The summed E-state index contributed by atoms with van der Waals surface area (Å²) in [7, 11) is 1.64. The van der Waals surface area contributed by atoms with Crippen molar-refractivity contribution in [2.24, 2.45) is 5.92 Å². The molecule has 2 unspecified atom stereocenters. The molecule has 0 saturated heterocycles. The van der Waals surface area contributed by atoms with Gasteiger partial charge in [-0.15, -0.1) is 0 Å². The van der Waals surface area contributed by atoms with Crippen molar-refractivity contribution >= 4 is 11.6 Å². The van der Waals surface area contributed by atoms with Crippen LogP contribution >= 0.6 is 0 Å². The quantitative estimate of drug-likeness (QED) is 0.860. The number of carbonyl (C=O) groups is 1. The summed E-state index contributed by atoms with van der Waals surface area (Å²) >= 11 is 0. The lowest BCUT2D eigenvalue weighted by Crippen LogP contribution is -2.50. The molecule has 0 fully saturated rings. The molecule has 0 aromatic heterocycles. The van der Waals surface area contributed by atoms with Gasteiger partial charge in [0.2, 0.25) is 0 Å². The van der Waals surface area contributed by atoms with E-state index in [4.69, 9.17) is 9.47 Å². The predicted octanol–water partition coefficient (Wildman–Crippen LogP) is 1.65. The number of para-hydroxylation sites is 2. The molecule has 5 heteroatoms. The summed E-state index contributed by atoms with van der Waals surface area (Å²) in [5, 5.41) is 6.20. The lowest BCUT2D eigenvalue weighted by atomic mass is 10.0. The molecule has 2 N–H and O–H groups in total. The Labute approximate surface area is 119 Å². The Kier molecular flexibility index (Phi) is 4.84. The normalized spacial score (nSPS) is 18.7. The Morgan fingerprint density at radius 3 is 2.95 bits per heavy atom. The standard InChI is InChI=1S/C15H22N2O3/c1-10(2)12(9-19-3)17-15(18)14-8-16-11-6-4-5-7-13(11)20-14/h4-7,10,12,14,16H,8-9H2,1-3H3,(H,17,18). The lowest BCUT2D eigenvalue weighted by molar-refractivity contribution is -0.129. The highest BCUT2D eigenvalue weighted by atomic mass is 16.5. The van der Waals surface area contributed by atoms with Crippen LogP contribution in [0.2, 0.25) is 0 Å². The first-order valence-corrected chi connectivity index (χ1v) is 6.90. The Morgan fingerprint density at radius 1 is 1.50 bits per heavy atom. The molecule has 1 amide bonds. The molecule has 0 saturated carbocycles. The number of nitrogens with one attached hydrogen (secondary N) is 2. The third-order valence-corrected chi connectivity index (χ3v) is 3.41. The van der Waals surface area contributed by atoms with Gasteiger partial charge in [0, 0.05) is 7.11 Å². The van der Waals surface area contributed by atoms with E-state index < -0.39 is 6.10 Å². The molecule has 0 radical (unpaired) electrons. The van der Waals surface area contributed by atoms with Crippen LogP contribution in [0.1, 0.15) is 13.8 Å². The lowest BCUT2D eigenvalue weighted by Gasteiger charge is -2.29. The fourth-order valence-electron chi connectivity index (χ4n) is 2.12. The minimum atomic E-state index is -0.511. The van der Waals surface area contributed by atoms with Crippen molar-refractivity contribution < 1.29 is 14.3 Å². The van der Waals surface area contributed by atoms with Crippen molar-refractivity contribution in [3.63, 3.8) is 0 Å².